The molecule has 1 atom stereocenters. The molecular formula is C16H21N7S. The van der Waals surface area contributed by atoms with Crippen LogP contribution in [-0.4, -0.2) is 35.9 Å². The minimum atomic E-state index is 0.293. The lowest BCUT2D eigenvalue weighted by Crippen LogP contribution is -2.25. The van der Waals surface area contributed by atoms with Crippen LogP contribution in [0.4, 0.5) is 5.13 Å². The van der Waals surface area contributed by atoms with Crippen LogP contribution in [0.1, 0.15) is 55.5 Å². The van der Waals surface area contributed by atoms with Gasteiger partial charge in [-0.2, -0.15) is 0 Å². The number of hydrogen-bond acceptors (Lipinski definition) is 6. The second-order valence-electron chi connectivity index (χ2n) is 6.78. The maximum absolute atomic E-state index is 4.75. The van der Waals surface area contributed by atoms with Gasteiger partial charge in [0.1, 0.15) is 5.82 Å². The van der Waals surface area contributed by atoms with Crippen molar-refractivity contribution >= 4 is 21.4 Å². The van der Waals surface area contributed by atoms with Gasteiger partial charge < -0.3 is 9.47 Å². The Morgan fingerprint density at radius 1 is 1.12 bits per heavy atom. The van der Waals surface area contributed by atoms with E-state index in [4.69, 9.17) is 5.10 Å². The molecule has 3 aromatic rings. The molecule has 3 aromatic heterocycles. The number of aryl methyl sites for hydroxylation is 2. The van der Waals surface area contributed by atoms with Crippen LogP contribution in [0.5, 0.6) is 0 Å². The maximum Gasteiger partial charge on any atom is 0.214 e. The molecule has 0 amide bonds. The Kier molecular flexibility index (Phi) is 3.32. The van der Waals surface area contributed by atoms with Gasteiger partial charge in [0.15, 0.2) is 5.82 Å². The smallest absolute Gasteiger partial charge is 0.214 e. The molecule has 24 heavy (non-hydrogen) atoms. The van der Waals surface area contributed by atoms with Crippen molar-refractivity contribution in [2.24, 2.45) is 0 Å². The van der Waals surface area contributed by atoms with Crippen LogP contribution in [0.15, 0.2) is 6.20 Å². The molecule has 2 aliphatic rings. The van der Waals surface area contributed by atoms with E-state index in [1.807, 2.05) is 17.6 Å². The largest absolute Gasteiger partial charge is 0.336 e. The van der Waals surface area contributed by atoms with Crippen LogP contribution in [-0.2, 0) is 13.0 Å². The summed E-state index contributed by atoms with van der Waals surface area (Å²) in [4.78, 5) is 7.90. The SMILES string of the molecule is Cc1cn2nc(N3CCC[C@@H]3c3nnc4n3CCCCC4)sc2n1. The van der Waals surface area contributed by atoms with Gasteiger partial charge in [0.25, 0.3) is 0 Å². The monoisotopic (exact) mass is 343 g/mol. The molecule has 0 N–H and O–H groups in total. The summed E-state index contributed by atoms with van der Waals surface area (Å²) in [5, 5.41) is 14.9. The number of imidazole rings is 1. The quantitative estimate of drug-likeness (QED) is 0.716. The van der Waals surface area contributed by atoms with E-state index >= 15 is 0 Å². The number of aromatic nitrogens is 6. The number of fused-ring (bicyclic) bond motifs is 2. The van der Waals surface area contributed by atoms with Crippen LogP contribution in [0.3, 0.4) is 0 Å². The van der Waals surface area contributed by atoms with E-state index in [1.54, 1.807) is 11.3 Å². The zero-order valence-corrected chi connectivity index (χ0v) is 14.7. The Labute approximate surface area is 144 Å². The first-order valence-corrected chi connectivity index (χ1v) is 9.63. The van der Waals surface area contributed by atoms with Gasteiger partial charge in [-0.15, -0.1) is 15.3 Å². The molecule has 0 saturated carbocycles. The fourth-order valence-corrected chi connectivity index (χ4v) is 4.94. The summed E-state index contributed by atoms with van der Waals surface area (Å²) in [6, 6.07) is 0.293. The van der Waals surface area contributed by atoms with Crippen LogP contribution >= 0.6 is 11.3 Å². The van der Waals surface area contributed by atoms with Crippen molar-refractivity contribution in [1.29, 1.82) is 0 Å². The van der Waals surface area contributed by atoms with Gasteiger partial charge in [-0.1, -0.05) is 17.8 Å². The van der Waals surface area contributed by atoms with Gasteiger partial charge in [0, 0.05) is 19.5 Å². The third kappa shape index (κ3) is 2.23. The second kappa shape index (κ2) is 5.54. The van der Waals surface area contributed by atoms with E-state index in [0.717, 1.165) is 47.5 Å². The first-order chi connectivity index (χ1) is 11.8. The van der Waals surface area contributed by atoms with Gasteiger partial charge in [0.2, 0.25) is 10.1 Å². The lowest BCUT2D eigenvalue weighted by molar-refractivity contribution is 0.558. The van der Waals surface area contributed by atoms with Gasteiger partial charge in [0.05, 0.1) is 17.9 Å². The molecule has 0 aromatic carbocycles. The minimum absolute atomic E-state index is 0.293. The Hall–Kier alpha value is -1.96. The summed E-state index contributed by atoms with van der Waals surface area (Å²) in [7, 11) is 0. The van der Waals surface area contributed by atoms with Crippen molar-refractivity contribution in [3.63, 3.8) is 0 Å². The van der Waals surface area contributed by atoms with Gasteiger partial charge >= 0.3 is 0 Å². The van der Waals surface area contributed by atoms with E-state index in [2.05, 4.69) is 24.6 Å². The van der Waals surface area contributed by atoms with Crippen molar-refractivity contribution in [2.75, 3.05) is 11.4 Å². The summed E-state index contributed by atoms with van der Waals surface area (Å²) >= 11 is 1.67. The molecule has 1 saturated heterocycles. The number of nitrogens with zero attached hydrogens (tertiary/aromatic N) is 7. The Morgan fingerprint density at radius 2 is 2.08 bits per heavy atom. The average molecular weight is 343 g/mol. The summed E-state index contributed by atoms with van der Waals surface area (Å²) in [5.41, 5.74) is 1.01. The highest BCUT2D eigenvalue weighted by Crippen LogP contribution is 2.38. The van der Waals surface area contributed by atoms with Crippen LogP contribution in [0.25, 0.3) is 4.96 Å². The van der Waals surface area contributed by atoms with Crippen molar-refractivity contribution in [2.45, 2.75) is 58.0 Å². The third-order valence-corrected chi connectivity index (χ3v) is 6.05. The molecular weight excluding hydrogens is 322 g/mol. The maximum atomic E-state index is 4.75. The Morgan fingerprint density at radius 3 is 3.00 bits per heavy atom. The molecule has 126 valence electrons. The van der Waals surface area contributed by atoms with E-state index in [9.17, 15) is 0 Å². The molecule has 1 fully saturated rings. The topological polar surface area (TPSA) is 64.1 Å². The standard InChI is InChI=1S/C16H21N7S/c1-11-10-23-15(17-11)24-16(20-23)21-9-5-6-12(21)14-19-18-13-7-3-2-4-8-22(13)14/h10,12H,2-9H2,1H3/t12-/m1/s1. The first kappa shape index (κ1) is 14.4. The van der Waals surface area contributed by atoms with E-state index in [0.29, 0.717) is 6.04 Å². The Bertz CT molecular complexity index is 845. The van der Waals surface area contributed by atoms with E-state index in [-0.39, 0.29) is 0 Å². The average Bonchev–Trinajstić information content (AvgIpc) is 3.27. The molecule has 5 heterocycles. The number of rotatable bonds is 2. The molecule has 0 aliphatic carbocycles. The highest BCUT2D eigenvalue weighted by molar-refractivity contribution is 7.20. The molecule has 0 radical (unpaired) electrons. The third-order valence-electron chi connectivity index (χ3n) is 5.09. The molecule has 7 nitrogen and oxygen atoms in total. The summed E-state index contributed by atoms with van der Waals surface area (Å²) in [6.45, 7) is 4.09. The fourth-order valence-electron chi connectivity index (χ4n) is 3.93. The molecule has 0 unspecified atom stereocenters. The number of anilines is 1. The van der Waals surface area contributed by atoms with Crippen molar-refractivity contribution < 1.29 is 0 Å². The molecule has 8 heteroatoms. The lowest BCUT2D eigenvalue weighted by atomic mass is 10.2. The van der Waals surface area contributed by atoms with Gasteiger partial charge in [-0.25, -0.2) is 9.50 Å². The van der Waals surface area contributed by atoms with Crippen molar-refractivity contribution in [3.8, 4) is 0 Å². The summed E-state index contributed by atoms with van der Waals surface area (Å²) < 4.78 is 4.27. The zero-order valence-electron chi connectivity index (χ0n) is 13.9. The van der Waals surface area contributed by atoms with Crippen LogP contribution in [0.2, 0.25) is 0 Å². The van der Waals surface area contributed by atoms with Gasteiger partial charge in [-0.3, -0.25) is 0 Å². The van der Waals surface area contributed by atoms with Crippen molar-refractivity contribution in [1.82, 2.24) is 29.4 Å². The van der Waals surface area contributed by atoms with Crippen LogP contribution in [0, 0.1) is 6.92 Å². The zero-order chi connectivity index (χ0) is 16.1. The number of hydrogen-bond donors (Lipinski definition) is 0. The minimum Gasteiger partial charge on any atom is -0.336 e. The fraction of sp³-hybridized carbons (Fsp3) is 0.625. The predicted octanol–water partition coefficient (Wildman–Crippen LogP) is 2.76. The highest BCUT2D eigenvalue weighted by atomic mass is 32.1. The summed E-state index contributed by atoms with van der Waals surface area (Å²) in [6.07, 6.45) is 9.10. The first-order valence-electron chi connectivity index (χ1n) is 8.81. The second-order valence-corrected chi connectivity index (χ2v) is 7.72. The highest BCUT2D eigenvalue weighted by Gasteiger charge is 2.33. The molecule has 0 spiro atoms. The normalized spacial score (nSPS) is 21.4. The van der Waals surface area contributed by atoms with E-state index in [1.165, 1.54) is 31.5 Å². The van der Waals surface area contributed by atoms with Crippen LogP contribution < -0.4 is 4.90 Å². The van der Waals surface area contributed by atoms with Gasteiger partial charge in [-0.05, 0) is 32.6 Å². The summed E-state index contributed by atoms with van der Waals surface area (Å²) in [5.74, 6) is 2.30. The lowest BCUT2D eigenvalue weighted by Gasteiger charge is -2.23. The Balaban J connectivity index is 1.51. The van der Waals surface area contributed by atoms with Crippen molar-refractivity contribution in [3.05, 3.63) is 23.5 Å². The molecule has 0 bridgehead atoms. The van der Waals surface area contributed by atoms with E-state index < -0.39 is 0 Å². The molecule has 5 rings (SSSR count). The predicted molar refractivity (Wildman–Crippen MR) is 92.5 cm³/mol. The molecule has 2 aliphatic heterocycles.